The summed E-state index contributed by atoms with van der Waals surface area (Å²) in [5.74, 6) is 0.559. The summed E-state index contributed by atoms with van der Waals surface area (Å²) < 4.78 is 6.14. The zero-order chi connectivity index (χ0) is 13.4. The van der Waals surface area contributed by atoms with Crippen LogP contribution in [-0.2, 0) is 6.42 Å². The smallest absolute Gasteiger partial charge is 0.150 e. The summed E-state index contributed by atoms with van der Waals surface area (Å²) in [6.45, 7) is 1.10. The number of aliphatic hydroxyl groups is 1. The Balaban J connectivity index is 1.96. The van der Waals surface area contributed by atoms with E-state index in [0.29, 0.717) is 5.76 Å². The Labute approximate surface area is 121 Å². The van der Waals surface area contributed by atoms with Gasteiger partial charge in [0.15, 0.2) is 5.76 Å². The van der Waals surface area contributed by atoms with E-state index in [1.54, 1.807) is 12.3 Å². The number of benzene rings is 1. The molecule has 1 N–H and O–H groups in total. The van der Waals surface area contributed by atoms with Crippen LogP contribution in [0.4, 0.5) is 5.69 Å². The molecule has 1 aliphatic heterocycles. The minimum Gasteiger partial charge on any atom is -0.465 e. The van der Waals surface area contributed by atoms with Crippen molar-refractivity contribution in [2.45, 2.75) is 18.9 Å². The fourth-order valence-electron chi connectivity index (χ4n) is 2.63. The van der Waals surface area contributed by atoms with Gasteiger partial charge in [-0.05, 0) is 52.0 Å². The molecule has 1 aliphatic rings. The van der Waals surface area contributed by atoms with Crippen LogP contribution in [0.2, 0.25) is 0 Å². The number of furan rings is 1. The summed E-state index contributed by atoms with van der Waals surface area (Å²) in [4.78, 5) is 2.26. The maximum Gasteiger partial charge on any atom is 0.150 e. The van der Waals surface area contributed by atoms with E-state index >= 15 is 0 Å². The van der Waals surface area contributed by atoms with Gasteiger partial charge < -0.3 is 14.4 Å². The number of halogens is 1. The van der Waals surface area contributed by atoms with E-state index in [0.717, 1.165) is 29.4 Å². The molecule has 1 aromatic carbocycles. The van der Waals surface area contributed by atoms with Crippen LogP contribution in [0, 0.1) is 0 Å². The first-order valence-electron chi connectivity index (χ1n) is 6.42. The zero-order valence-electron chi connectivity index (χ0n) is 10.8. The summed E-state index contributed by atoms with van der Waals surface area (Å²) in [5.41, 5.74) is 3.44. The topological polar surface area (TPSA) is 36.6 Å². The third-order valence-corrected chi connectivity index (χ3v) is 4.32. The van der Waals surface area contributed by atoms with Crippen LogP contribution in [-0.4, -0.2) is 18.7 Å². The average Bonchev–Trinajstić information content (AvgIpc) is 2.84. The second-order valence-corrected chi connectivity index (χ2v) is 5.80. The van der Waals surface area contributed by atoms with E-state index in [1.807, 2.05) is 6.07 Å². The summed E-state index contributed by atoms with van der Waals surface area (Å²) in [7, 11) is 2.11. The van der Waals surface area contributed by atoms with Gasteiger partial charge in [0, 0.05) is 19.3 Å². The van der Waals surface area contributed by atoms with E-state index in [1.165, 1.54) is 11.3 Å². The van der Waals surface area contributed by atoms with Crippen LogP contribution in [0.1, 0.15) is 29.4 Å². The standard InChI is InChI=1S/C15H16BrNO2/c1-17-7-2-3-10-9-11(4-5-13(10)17)14(18)15-12(16)6-8-19-15/h4-6,8-9,14,18H,2-3,7H2,1H3. The molecule has 1 atom stereocenters. The lowest BCUT2D eigenvalue weighted by Gasteiger charge is -2.28. The second kappa shape index (κ2) is 5.02. The van der Waals surface area contributed by atoms with Gasteiger partial charge in [0.25, 0.3) is 0 Å². The Hall–Kier alpha value is -1.26. The SMILES string of the molecule is CN1CCCc2cc(C(O)c3occc3Br)ccc21. The average molecular weight is 322 g/mol. The Morgan fingerprint density at radius 3 is 2.95 bits per heavy atom. The van der Waals surface area contributed by atoms with Crippen molar-refractivity contribution in [2.24, 2.45) is 0 Å². The van der Waals surface area contributed by atoms with Crippen LogP contribution in [0.25, 0.3) is 0 Å². The summed E-state index contributed by atoms with van der Waals surface area (Å²) in [5, 5.41) is 10.4. The highest BCUT2D eigenvalue weighted by Crippen LogP contribution is 2.33. The van der Waals surface area contributed by atoms with Crippen LogP contribution in [0.5, 0.6) is 0 Å². The van der Waals surface area contributed by atoms with Gasteiger partial charge in [-0.25, -0.2) is 0 Å². The van der Waals surface area contributed by atoms with Gasteiger partial charge in [-0.3, -0.25) is 0 Å². The molecular formula is C15H16BrNO2. The van der Waals surface area contributed by atoms with Crippen LogP contribution >= 0.6 is 15.9 Å². The maximum atomic E-state index is 10.4. The molecule has 0 radical (unpaired) electrons. The van der Waals surface area contributed by atoms with E-state index in [4.69, 9.17) is 4.42 Å². The molecule has 3 rings (SSSR count). The van der Waals surface area contributed by atoms with Crippen molar-refractivity contribution in [2.75, 3.05) is 18.5 Å². The van der Waals surface area contributed by atoms with Gasteiger partial charge in [-0.1, -0.05) is 12.1 Å². The molecule has 0 saturated heterocycles. The Morgan fingerprint density at radius 2 is 2.21 bits per heavy atom. The maximum absolute atomic E-state index is 10.4. The molecule has 100 valence electrons. The highest BCUT2D eigenvalue weighted by Gasteiger charge is 2.20. The van der Waals surface area contributed by atoms with E-state index in [2.05, 4.69) is 40.0 Å². The van der Waals surface area contributed by atoms with Crippen molar-refractivity contribution in [3.63, 3.8) is 0 Å². The molecule has 1 unspecified atom stereocenters. The Morgan fingerprint density at radius 1 is 1.37 bits per heavy atom. The van der Waals surface area contributed by atoms with Gasteiger partial charge in [0.2, 0.25) is 0 Å². The monoisotopic (exact) mass is 321 g/mol. The lowest BCUT2D eigenvalue weighted by molar-refractivity contribution is 0.188. The molecule has 0 aliphatic carbocycles. The zero-order valence-corrected chi connectivity index (χ0v) is 12.4. The van der Waals surface area contributed by atoms with Crippen molar-refractivity contribution in [3.05, 3.63) is 51.9 Å². The molecule has 4 heteroatoms. The first-order chi connectivity index (χ1) is 9.16. The van der Waals surface area contributed by atoms with Crippen molar-refractivity contribution in [3.8, 4) is 0 Å². The number of hydrogen-bond donors (Lipinski definition) is 1. The molecule has 0 bridgehead atoms. The Kier molecular flexibility index (Phi) is 3.37. The van der Waals surface area contributed by atoms with E-state index in [-0.39, 0.29) is 0 Å². The number of anilines is 1. The van der Waals surface area contributed by atoms with Gasteiger partial charge in [0.1, 0.15) is 6.10 Å². The predicted octanol–water partition coefficient (Wildman–Crippen LogP) is 3.51. The molecule has 0 fully saturated rings. The van der Waals surface area contributed by atoms with Crippen LogP contribution in [0.15, 0.2) is 39.4 Å². The molecule has 2 aromatic rings. The number of fused-ring (bicyclic) bond motifs is 1. The minimum absolute atomic E-state index is 0.559. The van der Waals surface area contributed by atoms with Gasteiger partial charge >= 0.3 is 0 Å². The molecule has 3 nitrogen and oxygen atoms in total. The Bertz CT molecular complexity index is 594. The quantitative estimate of drug-likeness (QED) is 0.919. The van der Waals surface area contributed by atoms with Gasteiger partial charge in [-0.2, -0.15) is 0 Å². The van der Waals surface area contributed by atoms with E-state index < -0.39 is 6.10 Å². The second-order valence-electron chi connectivity index (χ2n) is 4.95. The lowest BCUT2D eigenvalue weighted by Crippen LogP contribution is -2.24. The molecule has 19 heavy (non-hydrogen) atoms. The third-order valence-electron chi connectivity index (χ3n) is 3.66. The number of aryl methyl sites for hydroxylation is 1. The summed E-state index contributed by atoms with van der Waals surface area (Å²) in [6.07, 6.45) is 3.09. The first kappa shape index (κ1) is 12.8. The normalized spacial score (nSPS) is 16.3. The summed E-state index contributed by atoms with van der Waals surface area (Å²) >= 11 is 3.39. The van der Waals surface area contributed by atoms with Gasteiger partial charge in [-0.15, -0.1) is 0 Å². The molecule has 0 amide bonds. The number of aliphatic hydroxyl groups excluding tert-OH is 1. The molecular weight excluding hydrogens is 306 g/mol. The third kappa shape index (κ3) is 2.30. The van der Waals surface area contributed by atoms with Crippen molar-refractivity contribution in [1.82, 2.24) is 0 Å². The fraction of sp³-hybridized carbons (Fsp3) is 0.333. The van der Waals surface area contributed by atoms with Gasteiger partial charge in [0.05, 0.1) is 10.7 Å². The largest absolute Gasteiger partial charge is 0.465 e. The van der Waals surface area contributed by atoms with E-state index in [9.17, 15) is 5.11 Å². The fourth-order valence-corrected chi connectivity index (χ4v) is 3.05. The predicted molar refractivity (Wildman–Crippen MR) is 78.5 cm³/mol. The number of hydrogen-bond acceptors (Lipinski definition) is 3. The lowest BCUT2D eigenvalue weighted by atomic mass is 9.97. The number of rotatable bonds is 2. The summed E-state index contributed by atoms with van der Waals surface area (Å²) in [6, 6.07) is 7.94. The molecule has 0 saturated carbocycles. The highest BCUT2D eigenvalue weighted by molar-refractivity contribution is 9.10. The highest BCUT2D eigenvalue weighted by atomic mass is 79.9. The van der Waals surface area contributed by atoms with Crippen molar-refractivity contribution < 1.29 is 9.52 Å². The molecule has 1 aromatic heterocycles. The van der Waals surface area contributed by atoms with Crippen LogP contribution in [0.3, 0.4) is 0 Å². The first-order valence-corrected chi connectivity index (χ1v) is 7.21. The van der Waals surface area contributed by atoms with Crippen LogP contribution < -0.4 is 4.90 Å². The minimum atomic E-state index is -0.720. The van der Waals surface area contributed by atoms with Crippen molar-refractivity contribution >= 4 is 21.6 Å². The van der Waals surface area contributed by atoms with Crippen molar-refractivity contribution in [1.29, 1.82) is 0 Å². The number of nitrogens with zero attached hydrogens (tertiary/aromatic N) is 1. The molecule has 0 spiro atoms. The molecule has 2 heterocycles.